The highest BCUT2D eigenvalue weighted by Gasteiger charge is 2.59. The van der Waals surface area contributed by atoms with Crippen molar-refractivity contribution < 1.29 is 4.84 Å². The molecule has 1 atom stereocenters. The predicted molar refractivity (Wildman–Crippen MR) is 162 cm³/mol. The van der Waals surface area contributed by atoms with Crippen LogP contribution in [0.4, 0.5) is 5.69 Å². The highest BCUT2D eigenvalue weighted by Crippen LogP contribution is 2.51. The Kier molecular flexibility index (Phi) is 5.14. The fourth-order valence-corrected chi connectivity index (χ4v) is 5.96. The second-order valence-electron chi connectivity index (χ2n) is 10.0. The molecule has 0 saturated carbocycles. The van der Waals surface area contributed by atoms with Gasteiger partial charge in [-0.25, -0.2) is 4.98 Å². The molecule has 0 amide bonds. The Labute approximate surface area is 240 Å². The van der Waals surface area contributed by atoms with Crippen molar-refractivity contribution in [3.8, 4) is 16.8 Å². The van der Waals surface area contributed by atoms with Gasteiger partial charge < -0.3 is 4.84 Å². The molecule has 3 heterocycles. The zero-order valence-corrected chi connectivity index (χ0v) is 22.4. The normalized spacial score (nSPS) is 16.9. The second kappa shape index (κ2) is 8.91. The Morgan fingerprint density at radius 3 is 2.17 bits per heavy atom. The topological polar surface area (TPSA) is 59.7 Å². The van der Waals surface area contributed by atoms with Crippen LogP contribution in [0, 0.1) is 0 Å². The summed E-state index contributed by atoms with van der Waals surface area (Å²) in [6.45, 7) is 0. The maximum Gasteiger partial charge on any atom is 0.302 e. The largest absolute Gasteiger partial charge is 0.351 e. The van der Waals surface area contributed by atoms with Crippen LogP contribution in [-0.2, 0) is 10.6 Å². The van der Waals surface area contributed by atoms with Crippen molar-refractivity contribution in [1.82, 2.24) is 9.55 Å². The van der Waals surface area contributed by atoms with Crippen LogP contribution in [-0.4, -0.2) is 15.4 Å². The third-order valence-corrected chi connectivity index (χ3v) is 7.95. The van der Waals surface area contributed by atoms with Crippen LogP contribution in [0.2, 0.25) is 5.02 Å². The Morgan fingerprint density at radius 1 is 0.707 bits per heavy atom. The van der Waals surface area contributed by atoms with Gasteiger partial charge in [0.15, 0.2) is 11.7 Å². The Morgan fingerprint density at radius 2 is 1.39 bits per heavy atom. The second-order valence-corrected chi connectivity index (χ2v) is 10.5. The number of hydrogen-bond acceptors (Lipinski definition) is 5. The maximum atomic E-state index is 14.1. The quantitative estimate of drug-likeness (QED) is 0.234. The highest BCUT2D eigenvalue weighted by atomic mass is 35.5. The van der Waals surface area contributed by atoms with Gasteiger partial charge in [-0.1, -0.05) is 83.5 Å². The van der Waals surface area contributed by atoms with Gasteiger partial charge >= 0.3 is 5.72 Å². The number of halogens is 1. The summed E-state index contributed by atoms with van der Waals surface area (Å²) in [5, 5.41) is 5.84. The zero-order valence-electron chi connectivity index (χ0n) is 21.6. The van der Waals surface area contributed by atoms with E-state index in [-0.39, 0.29) is 5.56 Å². The van der Waals surface area contributed by atoms with Gasteiger partial charge in [-0.15, -0.1) is 0 Å². The molecule has 0 saturated heterocycles. The average Bonchev–Trinajstić information content (AvgIpc) is 3.55. The van der Waals surface area contributed by atoms with E-state index in [4.69, 9.17) is 21.4 Å². The summed E-state index contributed by atoms with van der Waals surface area (Å²) in [6, 6.07) is 41.0. The first-order chi connectivity index (χ1) is 20.1. The lowest BCUT2D eigenvalue weighted by molar-refractivity contribution is 0.0102. The molecule has 1 aromatic heterocycles. The maximum absolute atomic E-state index is 14.1. The number of para-hydroxylation sites is 2. The number of nitrogens with zero attached hydrogens (tertiary/aromatic N) is 4. The van der Waals surface area contributed by atoms with Gasteiger partial charge in [-0.2, -0.15) is 0 Å². The minimum Gasteiger partial charge on any atom is -0.351 e. The molecule has 6 aromatic rings. The van der Waals surface area contributed by atoms with Gasteiger partial charge in [0, 0.05) is 16.3 Å². The molecule has 8 rings (SSSR count). The van der Waals surface area contributed by atoms with Gasteiger partial charge in [0.05, 0.1) is 22.2 Å². The highest BCUT2D eigenvalue weighted by molar-refractivity contribution is 6.30. The van der Waals surface area contributed by atoms with Crippen molar-refractivity contribution >= 4 is 34.0 Å². The molecule has 6 nitrogen and oxygen atoms in total. The monoisotopic (exact) mass is 552 g/mol. The van der Waals surface area contributed by atoms with Crippen molar-refractivity contribution in [3.05, 3.63) is 160 Å². The molecular formula is C34H21ClN4O2. The van der Waals surface area contributed by atoms with Crippen LogP contribution >= 0.6 is 11.6 Å². The van der Waals surface area contributed by atoms with E-state index < -0.39 is 5.72 Å². The summed E-state index contributed by atoms with van der Waals surface area (Å²) >= 11 is 6.24. The number of aromatic nitrogens is 2. The third-order valence-electron chi connectivity index (χ3n) is 7.70. The van der Waals surface area contributed by atoms with Gasteiger partial charge in [-0.05, 0) is 71.8 Å². The molecule has 0 radical (unpaired) electrons. The van der Waals surface area contributed by atoms with Crippen LogP contribution in [0.3, 0.4) is 0 Å². The molecule has 1 unspecified atom stereocenters. The smallest absolute Gasteiger partial charge is 0.302 e. The molecule has 0 N–H and O–H groups in total. The minimum absolute atomic E-state index is 0.159. The summed E-state index contributed by atoms with van der Waals surface area (Å²) < 4.78 is 1.67. The number of oxime groups is 1. The summed E-state index contributed by atoms with van der Waals surface area (Å²) in [5.74, 6) is 1.03. The Bertz CT molecular complexity index is 2060. The lowest BCUT2D eigenvalue weighted by Crippen LogP contribution is -2.48. The summed E-state index contributed by atoms with van der Waals surface area (Å²) in [4.78, 5) is 27.8. The van der Waals surface area contributed by atoms with E-state index in [1.54, 1.807) is 10.6 Å². The number of fused-ring (bicyclic) bond motifs is 6. The summed E-state index contributed by atoms with van der Waals surface area (Å²) in [5.41, 5.74) is 4.26. The number of hydrogen-bond donors (Lipinski definition) is 0. The molecule has 0 aliphatic carbocycles. The first kappa shape index (κ1) is 23.7. The third kappa shape index (κ3) is 3.41. The molecule has 0 fully saturated rings. The first-order valence-corrected chi connectivity index (χ1v) is 13.6. The molecule has 196 valence electrons. The summed E-state index contributed by atoms with van der Waals surface area (Å²) in [7, 11) is 0. The lowest BCUT2D eigenvalue weighted by atomic mass is 9.95. The average molecular weight is 553 g/mol. The number of benzene rings is 5. The molecule has 5 aromatic carbocycles. The van der Waals surface area contributed by atoms with Crippen LogP contribution in [0.15, 0.2) is 137 Å². The van der Waals surface area contributed by atoms with Crippen LogP contribution in [0.5, 0.6) is 0 Å². The molecule has 2 aliphatic heterocycles. The number of anilines is 1. The van der Waals surface area contributed by atoms with Gasteiger partial charge in [0.1, 0.15) is 0 Å². The van der Waals surface area contributed by atoms with E-state index in [0.29, 0.717) is 33.3 Å². The van der Waals surface area contributed by atoms with E-state index in [1.807, 2.05) is 108 Å². The van der Waals surface area contributed by atoms with E-state index in [0.717, 1.165) is 27.9 Å². The molecule has 0 bridgehead atoms. The molecular weight excluding hydrogens is 532 g/mol. The SMILES string of the molecule is O=c1c2ccccc2nc2n1-c1ccc(-c3ccccc3)cc1C21ON=C(c2ccc(Cl)cc2)N1c1ccccc1. The lowest BCUT2D eigenvalue weighted by Gasteiger charge is -2.34. The molecule has 41 heavy (non-hydrogen) atoms. The van der Waals surface area contributed by atoms with E-state index >= 15 is 0 Å². The summed E-state index contributed by atoms with van der Waals surface area (Å²) in [6.07, 6.45) is 0. The van der Waals surface area contributed by atoms with Crippen molar-refractivity contribution in [2.24, 2.45) is 5.16 Å². The molecule has 2 aliphatic rings. The van der Waals surface area contributed by atoms with Crippen molar-refractivity contribution in [2.75, 3.05) is 4.90 Å². The van der Waals surface area contributed by atoms with E-state index in [9.17, 15) is 4.79 Å². The van der Waals surface area contributed by atoms with Gasteiger partial charge in [-0.3, -0.25) is 14.3 Å². The fraction of sp³-hybridized carbons (Fsp3) is 0.0294. The van der Waals surface area contributed by atoms with Gasteiger partial charge in [0.25, 0.3) is 5.56 Å². The van der Waals surface area contributed by atoms with Crippen LogP contribution < -0.4 is 10.5 Å². The first-order valence-electron chi connectivity index (χ1n) is 13.3. The van der Waals surface area contributed by atoms with Crippen molar-refractivity contribution in [2.45, 2.75) is 5.72 Å². The van der Waals surface area contributed by atoms with Gasteiger partial charge in [0.2, 0.25) is 0 Å². The zero-order chi connectivity index (χ0) is 27.6. The van der Waals surface area contributed by atoms with Crippen LogP contribution in [0.25, 0.3) is 27.7 Å². The molecule has 7 heteroatoms. The Hall–Kier alpha value is -5.20. The van der Waals surface area contributed by atoms with Crippen LogP contribution in [0.1, 0.15) is 17.0 Å². The predicted octanol–water partition coefficient (Wildman–Crippen LogP) is 7.12. The minimum atomic E-state index is -1.35. The Balaban J connectivity index is 1.47. The van der Waals surface area contributed by atoms with E-state index in [2.05, 4.69) is 23.4 Å². The van der Waals surface area contributed by atoms with E-state index in [1.165, 1.54) is 0 Å². The van der Waals surface area contributed by atoms with Crippen molar-refractivity contribution in [3.63, 3.8) is 0 Å². The number of rotatable bonds is 3. The van der Waals surface area contributed by atoms with Crippen molar-refractivity contribution in [1.29, 1.82) is 0 Å². The molecule has 1 spiro atoms. The fourth-order valence-electron chi connectivity index (χ4n) is 5.83. The number of amidine groups is 1. The standard InChI is InChI=1S/C34H21ClN4O2/c35-25-18-15-23(16-19-25)31-37-41-34(39(31)26-11-5-2-6-12-26)28-21-24(22-9-3-1-4-10-22)17-20-30(28)38-32(40)27-13-7-8-14-29(27)36-33(34)38/h1-21H.